The van der Waals surface area contributed by atoms with Gasteiger partial charge in [0.25, 0.3) is 0 Å². The molecule has 3 fully saturated rings. The van der Waals surface area contributed by atoms with Crippen molar-refractivity contribution in [3.05, 3.63) is 0 Å². The summed E-state index contributed by atoms with van der Waals surface area (Å²) in [6.45, 7) is 1.40. The van der Waals surface area contributed by atoms with Gasteiger partial charge in [-0.2, -0.15) is 0 Å². The molecule has 3 aliphatic heterocycles. The van der Waals surface area contributed by atoms with Gasteiger partial charge in [0, 0.05) is 5.92 Å². The molecule has 0 spiro atoms. The molecule has 0 bridgehead atoms. The minimum absolute atomic E-state index is 0.130. The van der Waals surface area contributed by atoms with Gasteiger partial charge in [-0.1, -0.05) is 181 Å². The molecule has 22 heteroatoms. The Kier molecular flexibility index (Phi) is 35.6. The minimum Gasteiger partial charge on any atom is -0.394 e. The Hall–Kier alpha value is -0.740. The van der Waals surface area contributed by atoms with Gasteiger partial charge in [0.1, 0.15) is 73.2 Å². The Labute approximate surface area is 455 Å². The van der Waals surface area contributed by atoms with Crippen LogP contribution in [0.1, 0.15) is 194 Å². The maximum Gasteiger partial charge on any atom is 0.187 e. The van der Waals surface area contributed by atoms with Crippen molar-refractivity contribution in [1.29, 1.82) is 0 Å². The Morgan fingerprint density at radius 2 is 0.658 bits per heavy atom. The molecular formula is C54H104O20S2. The van der Waals surface area contributed by atoms with E-state index in [1.54, 1.807) is 0 Å². The molecule has 3 aliphatic rings. The topological polar surface area (TPSA) is 326 Å². The fraction of sp³-hybridized carbons (Fsp3) is 1.00. The van der Waals surface area contributed by atoms with Gasteiger partial charge in [-0.25, -0.2) is 16.8 Å². The Morgan fingerprint density at radius 1 is 0.368 bits per heavy atom. The number of sulfone groups is 2. The third-order valence-corrected chi connectivity index (χ3v) is 18.9. The van der Waals surface area contributed by atoms with Crippen LogP contribution in [0.3, 0.4) is 0 Å². The van der Waals surface area contributed by atoms with E-state index in [9.17, 15) is 67.9 Å². The highest BCUT2D eigenvalue weighted by Gasteiger charge is 2.53. The van der Waals surface area contributed by atoms with Crippen molar-refractivity contribution < 1.29 is 96.3 Å². The maximum absolute atomic E-state index is 13.6. The van der Waals surface area contributed by atoms with Crippen LogP contribution in [0, 0.1) is 5.92 Å². The summed E-state index contributed by atoms with van der Waals surface area (Å²) in [5.41, 5.74) is 0. The van der Waals surface area contributed by atoms with Crippen LogP contribution in [0.5, 0.6) is 0 Å². The van der Waals surface area contributed by atoms with Crippen molar-refractivity contribution in [2.45, 2.75) is 286 Å². The fourth-order valence-corrected chi connectivity index (χ4v) is 14.1. The molecule has 0 aromatic rings. The molecule has 20 nitrogen and oxygen atoms in total. The molecule has 3 heterocycles. The monoisotopic (exact) mass is 1140 g/mol. The highest BCUT2D eigenvalue weighted by Crippen LogP contribution is 2.33. The standard InChI is InChI=1S/C54H104O20S2/c1-3-5-7-9-11-13-15-17-19-21-23-25-27-29-31-75(65,66)37-39(38-76(67,68)32-30-28-26-24-22-20-18-16-14-12-10-8-6-4-2)36-69-52-48(63)45(60)50(41(34-56)71-52)74-54-49(64)46(61)51(42(35-57)72-54)73-53-47(62)44(59)43(58)40(33-55)70-53/h39-64H,3-38H2,1-2H3/t40-,41-,42-,43+,44+,45-,46-,47-,48-,49-,50-,51+,52-,53-,54+/m1/s1. The van der Waals surface area contributed by atoms with Crippen LogP contribution in [-0.4, -0.2) is 209 Å². The molecule has 3 saturated heterocycles. The van der Waals surface area contributed by atoms with Crippen LogP contribution in [0.25, 0.3) is 0 Å². The zero-order valence-corrected chi connectivity index (χ0v) is 47.7. The summed E-state index contributed by atoms with van der Waals surface area (Å²) in [5, 5.41) is 106. The third kappa shape index (κ3) is 25.6. The Bertz CT molecular complexity index is 1610. The van der Waals surface area contributed by atoms with E-state index in [0.717, 1.165) is 64.2 Å². The van der Waals surface area contributed by atoms with Gasteiger partial charge >= 0.3 is 0 Å². The van der Waals surface area contributed by atoms with Crippen LogP contribution < -0.4 is 0 Å². The molecule has 76 heavy (non-hydrogen) atoms. The Balaban J connectivity index is 1.57. The SMILES string of the molecule is CCCCCCCCCCCCCCCCS(=O)(=O)CC(CO[C@@H]1O[C@H](CO)[C@@H](O[C@@H]2O[C@H](CO)[C@H](O[C@H]3O[C@H](CO)[C@H](O)[C@H](O)[C@H]3O)[C@H](O)[C@H]2O)[C@H](O)[C@H]1O)CS(=O)(=O)CCCCCCCCCCCCCCCC. The van der Waals surface area contributed by atoms with Gasteiger partial charge in [0.2, 0.25) is 0 Å². The molecule has 0 saturated carbocycles. The number of aliphatic hydroxyl groups excluding tert-OH is 10. The van der Waals surface area contributed by atoms with Crippen LogP contribution >= 0.6 is 0 Å². The van der Waals surface area contributed by atoms with Crippen LogP contribution in [0.2, 0.25) is 0 Å². The van der Waals surface area contributed by atoms with Gasteiger partial charge in [-0.3, -0.25) is 0 Å². The first-order valence-corrected chi connectivity index (χ1v) is 33.0. The zero-order chi connectivity index (χ0) is 55.9. The second kappa shape index (κ2) is 38.9. The summed E-state index contributed by atoms with van der Waals surface area (Å²) in [6, 6.07) is 0. The van der Waals surface area contributed by atoms with Gasteiger partial charge in [-0.05, 0) is 12.8 Å². The van der Waals surface area contributed by atoms with E-state index in [1.807, 2.05) is 0 Å². The van der Waals surface area contributed by atoms with Crippen molar-refractivity contribution in [3.63, 3.8) is 0 Å². The number of unbranched alkanes of at least 4 members (excludes halogenated alkanes) is 26. The van der Waals surface area contributed by atoms with E-state index in [0.29, 0.717) is 12.8 Å². The van der Waals surface area contributed by atoms with Crippen molar-refractivity contribution in [2.24, 2.45) is 5.92 Å². The first-order valence-electron chi connectivity index (χ1n) is 29.3. The normalized spacial score (nSPS) is 30.6. The van der Waals surface area contributed by atoms with Gasteiger partial charge in [-0.15, -0.1) is 0 Å². The largest absolute Gasteiger partial charge is 0.394 e. The molecular weight excluding hydrogens is 1030 g/mol. The highest BCUT2D eigenvalue weighted by molar-refractivity contribution is 7.92. The van der Waals surface area contributed by atoms with E-state index < -0.39 is 156 Å². The Morgan fingerprint density at radius 3 is 1.00 bits per heavy atom. The minimum atomic E-state index is -3.77. The molecule has 452 valence electrons. The third-order valence-electron chi connectivity index (χ3n) is 15.2. The van der Waals surface area contributed by atoms with Crippen molar-refractivity contribution in [2.75, 3.05) is 49.4 Å². The first-order chi connectivity index (χ1) is 36.4. The summed E-state index contributed by atoms with van der Waals surface area (Å²) in [5.74, 6) is -2.33. The summed E-state index contributed by atoms with van der Waals surface area (Å²) < 4.78 is 88.3. The van der Waals surface area contributed by atoms with Crippen LogP contribution in [0.4, 0.5) is 0 Å². The molecule has 0 amide bonds. The molecule has 0 aliphatic carbocycles. The van der Waals surface area contributed by atoms with E-state index in [2.05, 4.69) is 13.8 Å². The molecule has 0 radical (unpaired) electrons. The highest BCUT2D eigenvalue weighted by atomic mass is 32.2. The average molecular weight is 1140 g/mol. The molecule has 15 atom stereocenters. The molecule has 10 N–H and O–H groups in total. The van der Waals surface area contributed by atoms with Crippen LogP contribution in [0.15, 0.2) is 0 Å². The van der Waals surface area contributed by atoms with Crippen molar-refractivity contribution in [3.8, 4) is 0 Å². The number of hydrogen-bond donors (Lipinski definition) is 10. The summed E-state index contributed by atoms with van der Waals surface area (Å²) >= 11 is 0. The first kappa shape index (κ1) is 69.5. The van der Waals surface area contributed by atoms with E-state index in [4.69, 9.17) is 28.4 Å². The molecule has 0 aromatic carbocycles. The summed E-state index contributed by atoms with van der Waals surface area (Å²) in [6.07, 6.45) is 4.60. The molecule has 0 unspecified atom stereocenters. The predicted molar refractivity (Wildman–Crippen MR) is 286 cm³/mol. The number of aliphatic hydroxyl groups is 10. The molecule has 3 rings (SSSR count). The zero-order valence-electron chi connectivity index (χ0n) is 46.1. The van der Waals surface area contributed by atoms with Gasteiger partial charge in [0.15, 0.2) is 38.5 Å². The lowest BCUT2D eigenvalue weighted by molar-refractivity contribution is -0.379. The van der Waals surface area contributed by atoms with E-state index in [-0.39, 0.29) is 11.5 Å². The molecule has 0 aromatic heterocycles. The smallest absolute Gasteiger partial charge is 0.187 e. The summed E-state index contributed by atoms with van der Waals surface area (Å²) in [7, 11) is -7.54. The second-order valence-corrected chi connectivity index (χ2v) is 26.4. The van der Waals surface area contributed by atoms with Gasteiger partial charge < -0.3 is 79.5 Å². The number of hydrogen-bond acceptors (Lipinski definition) is 20. The van der Waals surface area contributed by atoms with E-state index in [1.165, 1.54) is 103 Å². The van der Waals surface area contributed by atoms with Crippen molar-refractivity contribution >= 4 is 19.7 Å². The van der Waals surface area contributed by atoms with E-state index >= 15 is 0 Å². The number of ether oxygens (including phenoxy) is 6. The summed E-state index contributed by atoms with van der Waals surface area (Å²) in [4.78, 5) is 0. The maximum atomic E-state index is 13.6. The average Bonchev–Trinajstić information content (AvgIpc) is 3.39. The van der Waals surface area contributed by atoms with Gasteiger partial charge in [0.05, 0.1) is 49.4 Å². The van der Waals surface area contributed by atoms with Crippen molar-refractivity contribution in [1.82, 2.24) is 0 Å². The second-order valence-electron chi connectivity index (χ2n) is 21.9. The lowest BCUT2D eigenvalue weighted by Gasteiger charge is -2.48. The lowest BCUT2D eigenvalue weighted by Crippen LogP contribution is -2.66. The quantitative estimate of drug-likeness (QED) is 0.0387. The lowest BCUT2D eigenvalue weighted by atomic mass is 9.96. The fourth-order valence-electron chi connectivity index (χ4n) is 10.5. The van der Waals surface area contributed by atoms with Crippen LogP contribution in [-0.2, 0) is 48.1 Å². The predicted octanol–water partition coefficient (Wildman–Crippen LogP) is 3.86. The number of rotatable bonds is 44.